The van der Waals surface area contributed by atoms with Crippen LogP contribution >= 0.6 is 0 Å². The standard InChI is InChI=1S/C29H40N2O2/c1-30-22-27(20-23-12-5-3-6-13-23)31-29(32)26-17-11-16-25(21-26)28(18-9-10-19-33-2)24-14-7-4-8-15-24/h4,7-8,11,14-18,21,23,27,30H,3,5-6,9-10,12-13,19-20,22H2,1-2H3,(H,31,32). The van der Waals surface area contributed by atoms with E-state index in [9.17, 15) is 4.79 Å². The molecule has 0 spiro atoms. The second-order valence-electron chi connectivity index (χ2n) is 9.17. The molecule has 0 aromatic heterocycles. The molecule has 4 heteroatoms. The molecule has 1 aliphatic rings. The van der Waals surface area contributed by atoms with Crippen molar-refractivity contribution in [2.75, 3.05) is 27.3 Å². The summed E-state index contributed by atoms with van der Waals surface area (Å²) in [5, 5.41) is 6.57. The van der Waals surface area contributed by atoms with E-state index in [4.69, 9.17) is 4.74 Å². The molecule has 2 aromatic rings. The summed E-state index contributed by atoms with van der Waals surface area (Å²) in [5.74, 6) is 0.739. The van der Waals surface area contributed by atoms with E-state index in [1.807, 2.05) is 31.3 Å². The third-order valence-electron chi connectivity index (χ3n) is 6.55. The van der Waals surface area contributed by atoms with Crippen LogP contribution in [0.4, 0.5) is 0 Å². The minimum absolute atomic E-state index is 0.0136. The highest BCUT2D eigenvalue weighted by molar-refractivity contribution is 5.96. The molecule has 0 radical (unpaired) electrons. The molecule has 2 aromatic carbocycles. The van der Waals surface area contributed by atoms with Gasteiger partial charge in [0.2, 0.25) is 0 Å². The Labute approximate surface area is 199 Å². The number of ether oxygens (including phenoxy) is 1. The van der Waals surface area contributed by atoms with Crippen LogP contribution in [0.15, 0.2) is 60.7 Å². The first-order chi connectivity index (χ1) is 16.2. The largest absolute Gasteiger partial charge is 0.385 e. The number of amides is 1. The Morgan fingerprint density at radius 2 is 1.76 bits per heavy atom. The number of unbranched alkanes of at least 4 members (excludes halogenated alkanes) is 1. The number of benzene rings is 2. The zero-order valence-electron chi connectivity index (χ0n) is 20.3. The smallest absolute Gasteiger partial charge is 0.251 e. The molecule has 1 unspecified atom stereocenters. The molecule has 1 saturated carbocycles. The first-order valence-corrected chi connectivity index (χ1v) is 12.5. The number of allylic oxidation sites excluding steroid dienone is 1. The Morgan fingerprint density at radius 3 is 2.48 bits per heavy atom. The van der Waals surface area contributed by atoms with Gasteiger partial charge >= 0.3 is 0 Å². The van der Waals surface area contributed by atoms with Gasteiger partial charge in [0, 0.05) is 31.9 Å². The van der Waals surface area contributed by atoms with E-state index >= 15 is 0 Å². The van der Waals surface area contributed by atoms with E-state index in [2.05, 4.69) is 47.0 Å². The van der Waals surface area contributed by atoms with Crippen molar-refractivity contribution in [1.29, 1.82) is 0 Å². The lowest BCUT2D eigenvalue weighted by Gasteiger charge is -2.27. The summed E-state index contributed by atoms with van der Waals surface area (Å²) in [6.07, 6.45) is 11.8. The molecular formula is C29H40N2O2. The topological polar surface area (TPSA) is 50.4 Å². The minimum Gasteiger partial charge on any atom is -0.385 e. The molecule has 1 aliphatic carbocycles. The molecule has 0 bridgehead atoms. The van der Waals surface area contributed by atoms with Crippen LogP contribution in [0.25, 0.3) is 5.57 Å². The van der Waals surface area contributed by atoms with E-state index in [0.717, 1.165) is 60.6 Å². The summed E-state index contributed by atoms with van der Waals surface area (Å²) in [4.78, 5) is 13.2. The quantitative estimate of drug-likeness (QED) is 0.402. The van der Waals surface area contributed by atoms with Crippen LogP contribution in [0.5, 0.6) is 0 Å². The Balaban J connectivity index is 1.75. The summed E-state index contributed by atoms with van der Waals surface area (Å²) < 4.78 is 5.21. The molecular weight excluding hydrogens is 408 g/mol. The highest BCUT2D eigenvalue weighted by Gasteiger charge is 2.21. The third kappa shape index (κ3) is 8.13. The van der Waals surface area contributed by atoms with Crippen molar-refractivity contribution in [2.45, 2.75) is 57.4 Å². The van der Waals surface area contributed by atoms with Crippen LogP contribution in [0.1, 0.15) is 72.9 Å². The van der Waals surface area contributed by atoms with Crippen molar-refractivity contribution < 1.29 is 9.53 Å². The van der Waals surface area contributed by atoms with Gasteiger partial charge in [-0.1, -0.05) is 80.6 Å². The number of nitrogens with one attached hydrogen (secondary N) is 2. The zero-order chi connectivity index (χ0) is 23.3. The fraction of sp³-hybridized carbons (Fsp3) is 0.483. The SMILES string of the molecule is CNCC(CC1CCCCC1)NC(=O)c1cccc(C(=CCCCOC)c2ccccc2)c1. The van der Waals surface area contributed by atoms with Gasteiger partial charge in [-0.2, -0.15) is 0 Å². The lowest BCUT2D eigenvalue weighted by Crippen LogP contribution is -2.42. The van der Waals surface area contributed by atoms with Crippen LogP contribution in [-0.4, -0.2) is 39.3 Å². The fourth-order valence-corrected chi connectivity index (χ4v) is 4.86. The summed E-state index contributed by atoms with van der Waals surface area (Å²) in [7, 11) is 3.70. The maximum absolute atomic E-state index is 13.2. The first kappa shape index (κ1) is 25.2. The van der Waals surface area contributed by atoms with E-state index < -0.39 is 0 Å². The average molecular weight is 449 g/mol. The number of methoxy groups -OCH3 is 1. The molecule has 2 N–H and O–H groups in total. The number of carbonyl (C=O) groups excluding carboxylic acids is 1. The van der Waals surface area contributed by atoms with Crippen molar-refractivity contribution in [1.82, 2.24) is 10.6 Å². The fourth-order valence-electron chi connectivity index (χ4n) is 4.86. The van der Waals surface area contributed by atoms with Crippen molar-refractivity contribution in [3.8, 4) is 0 Å². The summed E-state index contributed by atoms with van der Waals surface area (Å²) in [5.41, 5.74) is 4.12. The predicted octanol–water partition coefficient (Wildman–Crippen LogP) is 5.83. The molecule has 4 nitrogen and oxygen atoms in total. The molecule has 33 heavy (non-hydrogen) atoms. The zero-order valence-corrected chi connectivity index (χ0v) is 20.3. The second-order valence-corrected chi connectivity index (χ2v) is 9.17. The monoisotopic (exact) mass is 448 g/mol. The predicted molar refractivity (Wildman–Crippen MR) is 137 cm³/mol. The number of carbonyl (C=O) groups is 1. The third-order valence-corrected chi connectivity index (χ3v) is 6.55. The maximum Gasteiger partial charge on any atom is 0.251 e. The second kappa shape index (κ2) is 14.0. The lowest BCUT2D eigenvalue weighted by atomic mass is 9.84. The van der Waals surface area contributed by atoms with Crippen molar-refractivity contribution in [3.05, 3.63) is 77.4 Å². The molecule has 1 amide bonds. The van der Waals surface area contributed by atoms with Crippen LogP contribution in [0.3, 0.4) is 0 Å². The van der Waals surface area contributed by atoms with E-state index in [1.54, 1.807) is 7.11 Å². The van der Waals surface area contributed by atoms with Crippen molar-refractivity contribution in [2.24, 2.45) is 5.92 Å². The molecule has 0 aliphatic heterocycles. The van der Waals surface area contributed by atoms with Gasteiger partial charge in [0.1, 0.15) is 0 Å². The van der Waals surface area contributed by atoms with E-state index in [-0.39, 0.29) is 11.9 Å². The van der Waals surface area contributed by atoms with Gasteiger partial charge in [0.15, 0.2) is 0 Å². The van der Waals surface area contributed by atoms with Crippen molar-refractivity contribution >= 4 is 11.5 Å². The van der Waals surface area contributed by atoms with Crippen LogP contribution < -0.4 is 10.6 Å². The Morgan fingerprint density at radius 1 is 1.03 bits per heavy atom. The van der Waals surface area contributed by atoms with Gasteiger partial charge in [0.05, 0.1) is 0 Å². The maximum atomic E-state index is 13.2. The first-order valence-electron chi connectivity index (χ1n) is 12.5. The van der Waals surface area contributed by atoms with Gasteiger partial charge in [0.25, 0.3) is 5.91 Å². The van der Waals surface area contributed by atoms with Gasteiger partial charge in [-0.25, -0.2) is 0 Å². The number of rotatable bonds is 12. The van der Waals surface area contributed by atoms with Crippen LogP contribution in [0, 0.1) is 5.92 Å². The Bertz CT molecular complexity index is 872. The molecule has 0 saturated heterocycles. The van der Waals surface area contributed by atoms with E-state index in [0.29, 0.717) is 0 Å². The number of likely N-dealkylation sites (N-methyl/N-ethyl adjacent to an activating group) is 1. The summed E-state index contributed by atoms with van der Waals surface area (Å²) in [6, 6.07) is 18.6. The summed E-state index contributed by atoms with van der Waals surface area (Å²) >= 11 is 0. The summed E-state index contributed by atoms with van der Waals surface area (Å²) in [6.45, 7) is 1.55. The molecule has 1 fully saturated rings. The van der Waals surface area contributed by atoms with Gasteiger partial charge in [-0.3, -0.25) is 4.79 Å². The highest BCUT2D eigenvalue weighted by atomic mass is 16.5. The van der Waals surface area contributed by atoms with Gasteiger partial charge in [-0.15, -0.1) is 0 Å². The molecule has 1 atom stereocenters. The normalized spacial score (nSPS) is 15.9. The molecule has 0 heterocycles. The lowest BCUT2D eigenvalue weighted by molar-refractivity contribution is 0.0928. The average Bonchev–Trinajstić information content (AvgIpc) is 2.85. The molecule has 3 rings (SSSR count). The highest BCUT2D eigenvalue weighted by Crippen LogP contribution is 2.28. The Hall–Kier alpha value is -2.43. The van der Waals surface area contributed by atoms with Crippen LogP contribution in [0.2, 0.25) is 0 Å². The van der Waals surface area contributed by atoms with E-state index in [1.165, 1.54) is 32.1 Å². The Kier molecular flexibility index (Phi) is 10.7. The molecule has 178 valence electrons. The number of hydrogen-bond acceptors (Lipinski definition) is 3. The van der Waals surface area contributed by atoms with Gasteiger partial charge < -0.3 is 15.4 Å². The van der Waals surface area contributed by atoms with Crippen molar-refractivity contribution in [3.63, 3.8) is 0 Å². The minimum atomic E-state index is 0.0136. The number of hydrogen-bond donors (Lipinski definition) is 2. The van der Waals surface area contributed by atoms with Crippen LogP contribution in [-0.2, 0) is 4.74 Å². The van der Waals surface area contributed by atoms with Gasteiger partial charge in [-0.05, 0) is 61.1 Å².